The number of methoxy groups -OCH3 is 1. The van der Waals surface area contributed by atoms with Gasteiger partial charge in [0.2, 0.25) is 0 Å². The standard InChI is InChI=1S/C20H15ClN2O4/c1-23-15(19(24)22-11-7-8-17(26-2)14(21)9-11)10-13-18(23)12-5-3-4-6-16(12)27-20(13)25/h3-10H,1-2H3,(H,22,24). The second kappa shape index (κ2) is 6.48. The SMILES string of the molecule is COc1ccc(NC(=O)c2cc3c(=O)oc4ccccc4c3n2C)cc1Cl. The molecule has 0 radical (unpaired) electrons. The van der Waals surface area contributed by atoms with Crippen LogP contribution in [-0.4, -0.2) is 17.6 Å². The molecular weight excluding hydrogens is 368 g/mol. The number of carbonyl (C=O) groups excluding carboxylic acids is 1. The molecule has 0 spiro atoms. The lowest BCUT2D eigenvalue weighted by Crippen LogP contribution is -2.15. The van der Waals surface area contributed by atoms with E-state index >= 15 is 0 Å². The summed E-state index contributed by atoms with van der Waals surface area (Å²) in [5, 5.41) is 4.30. The van der Waals surface area contributed by atoms with Crippen molar-refractivity contribution in [2.45, 2.75) is 0 Å². The number of amides is 1. The molecule has 0 fully saturated rings. The highest BCUT2D eigenvalue weighted by atomic mass is 35.5. The number of nitrogens with zero attached hydrogens (tertiary/aromatic N) is 1. The van der Waals surface area contributed by atoms with E-state index in [1.807, 2.05) is 12.1 Å². The van der Waals surface area contributed by atoms with E-state index in [0.29, 0.717) is 38.6 Å². The third kappa shape index (κ3) is 2.84. The number of ether oxygens (including phenoxy) is 1. The molecule has 2 aromatic carbocycles. The number of benzene rings is 2. The van der Waals surface area contributed by atoms with E-state index in [2.05, 4.69) is 5.32 Å². The second-order valence-corrected chi connectivity index (χ2v) is 6.45. The second-order valence-electron chi connectivity index (χ2n) is 6.04. The maximum atomic E-state index is 12.8. The molecule has 6 nitrogen and oxygen atoms in total. The molecule has 0 unspecified atom stereocenters. The van der Waals surface area contributed by atoms with E-state index in [0.717, 1.165) is 5.39 Å². The Morgan fingerprint density at radius 1 is 1.15 bits per heavy atom. The summed E-state index contributed by atoms with van der Waals surface area (Å²) in [5.41, 5.74) is 1.50. The number of para-hydroxylation sites is 1. The van der Waals surface area contributed by atoms with Gasteiger partial charge in [-0.05, 0) is 36.4 Å². The lowest BCUT2D eigenvalue weighted by atomic mass is 10.2. The zero-order valence-corrected chi connectivity index (χ0v) is 15.3. The number of hydrogen-bond acceptors (Lipinski definition) is 4. The van der Waals surface area contributed by atoms with Crippen LogP contribution in [0.15, 0.2) is 57.7 Å². The van der Waals surface area contributed by atoms with Crippen LogP contribution in [0.5, 0.6) is 5.75 Å². The number of rotatable bonds is 3. The van der Waals surface area contributed by atoms with Gasteiger partial charge in [-0.1, -0.05) is 23.7 Å². The molecule has 1 N–H and O–H groups in total. The number of nitrogens with one attached hydrogen (secondary N) is 1. The third-order valence-corrected chi connectivity index (χ3v) is 4.74. The molecule has 0 aliphatic carbocycles. The van der Waals surface area contributed by atoms with Crippen molar-refractivity contribution in [1.82, 2.24) is 4.57 Å². The molecule has 0 bridgehead atoms. The lowest BCUT2D eigenvalue weighted by Gasteiger charge is -2.09. The molecule has 136 valence electrons. The molecule has 0 atom stereocenters. The van der Waals surface area contributed by atoms with Gasteiger partial charge >= 0.3 is 5.63 Å². The van der Waals surface area contributed by atoms with Crippen LogP contribution in [0, 0.1) is 0 Å². The van der Waals surface area contributed by atoms with Crippen LogP contribution in [0.3, 0.4) is 0 Å². The minimum Gasteiger partial charge on any atom is -0.495 e. The highest BCUT2D eigenvalue weighted by molar-refractivity contribution is 6.32. The molecule has 0 aliphatic heterocycles. The van der Waals surface area contributed by atoms with E-state index in [-0.39, 0.29) is 5.91 Å². The highest BCUT2D eigenvalue weighted by Gasteiger charge is 2.19. The fraction of sp³-hybridized carbons (Fsp3) is 0.100. The molecule has 2 aromatic heterocycles. The lowest BCUT2D eigenvalue weighted by molar-refractivity contribution is 0.102. The average molecular weight is 383 g/mol. The Labute approximate surface area is 158 Å². The van der Waals surface area contributed by atoms with Gasteiger partial charge in [0, 0.05) is 18.1 Å². The summed E-state index contributed by atoms with van der Waals surface area (Å²) < 4.78 is 12.1. The molecule has 4 aromatic rings. The van der Waals surface area contributed by atoms with Crippen molar-refractivity contribution in [3.8, 4) is 5.75 Å². The Kier molecular flexibility index (Phi) is 4.12. The fourth-order valence-electron chi connectivity index (χ4n) is 3.15. The quantitative estimate of drug-likeness (QED) is 0.539. The van der Waals surface area contributed by atoms with Crippen LogP contribution >= 0.6 is 11.6 Å². The number of aromatic nitrogens is 1. The number of carbonyl (C=O) groups is 1. The van der Waals surface area contributed by atoms with Crippen LogP contribution < -0.4 is 15.7 Å². The van der Waals surface area contributed by atoms with Gasteiger partial charge in [-0.15, -0.1) is 0 Å². The first-order valence-corrected chi connectivity index (χ1v) is 8.53. The van der Waals surface area contributed by atoms with E-state index in [9.17, 15) is 9.59 Å². The van der Waals surface area contributed by atoms with Gasteiger partial charge in [0.25, 0.3) is 5.91 Å². The zero-order valence-electron chi connectivity index (χ0n) is 14.6. The summed E-state index contributed by atoms with van der Waals surface area (Å²) >= 11 is 6.11. The van der Waals surface area contributed by atoms with Gasteiger partial charge in [-0.3, -0.25) is 4.79 Å². The maximum absolute atomic E-state index is 12.8. The van der Waals surface area contributed by atoms with Crippen molar-refractivity contribution in [3.63, 3.8) is 0 Å². The van der Waals surface area contributed by atoms with E-state index in [1.54, 1.807) is 41.9 Å². The van der Waals surface area contributed by atoms with Crippen molar-refractivity contribution in [3.05, 3.63) is 69.7 Å². The van der Waals surface area contributed by atoms with Gasteiger partial charge < -0.3 is 19.0 Å². The van der Waals surface area contributed by atoms with Crippen molar-refractivity contribution in [1.29, 1.82) is 0 Å². The molecule has 27 heavy (non-hydrogen) atoms. The molecule has 4 rings (SSSR count). The third-order valence-electron chi connectivity index (χ3n) is 4.44. The van der Waals surface area contributed by atoms with Gasteiger partial charge in [0.1, 0.15) is 17.0 Å². The van der Waals surface area contributed by atoms with Crippen molar-refractivity contribution < 1.29 is 13.9 Å². The van der Waals surface area contributed by atoms with Crippen LogP contribution in [0.4, 0.5) is 5.69 Å². The van der Waals surface area contributed by atoms with Crippen molar-refractivity contribution in [2.24, 2.45) is 7.05 Å². The van der Waals surface area contributed by atoms with Crippen LogP contribution in [0.25, 0.3) is 21.9 Å². The van der Waals surface area contributed by atoms with E-state index in [4.69, 9.17) is 20.8 Å². The Hall–Kier alpha value is -3.25. The molecular formula is C20H15ClN2O4. The molecule has 0 saturated heterocycles. The molecule has 0 saturated carbocycles. The van der Waals surface area contributed by atoms with Gasteiger partial charge in [-0.25, -0.2) is 4.79 Å². The highest BCUT2D eigenvalue weighted by Crippen LogP contribution is 2.28. The number of fused-ring (bicyclic) bond motifs is 3. The molecule has 1 amide bonds. The smallest absolute Gasteiger partial charge is 0.345 e. The monoisotopic (exact) mass is 382 g/mol. The topological polar surface area (TPSA) is 73.5 Å². The number of halogens is 1. The maximum Gasteiger partial charge on any atom is 0.345 e. The Morgan fingerprint density at radius 2 is 1.93 bits per heavy atom. The van der Waals surface area contributed by atoms with Crippen molar-refractivity contribution in [2.75, 3.05) is 12.4 Å². The van der Waals surface area contributed by atoms with Crippen LogP contribution in [0.2, 0.25) is 5.02 Å². The van der Waals surface area contributed by atoms with E-state index in [1.165, 1.54) is 13.2 Å². The molecule has 0 aliphatic rings. The van der Waals surface area contributed by atoms with Gasteiger partial charge in [0.15, 0.2) is 0 Å². The predicted molar refractivity (Wildman–Crippen MR) is 105 cm³/mol. The normalized spacial score (nSPS) is 11.1. The Balaban J connectivity index is 1.80. The average Bonchev–Trinajstić information content (AvgIpc) is 3.00. The fourth-order valence-corrected chi connectivity index (χ4v) is 3.41. The summed E-state index contributed by atoms with van der Waals surface area (Å²) in [6, 6.07) is 13.7. The van der Waals surface area contributed by atoms with Gasteiger partial charge in [-0.2, -0.15) is 0 Å². The molecule has 2 heterocycles. The number of anilines is 1. The predicted octanol–water partition coefficient (Wildman–Crippen LogP) is 4.20. The van der Waals surface area contributed by atoms with Gasteiger partial charge in [0.05, 0.1) is 23.0 Å². The summed E-state index contributed by atoms with van der Waals surface area (Å²) in [4.78, 5) is 25.1. The summed E-state index contributed by atoms with van der Waals surface area (Å²) in [5.74, 6) is 0.154. The summed E-state index contributed by atoms with van der Waals surface area (Å²) in [7, 11) is 3.26. The van der Waals surface area contributed by atoms with Crippen LogP contribution in [0.1, 0.15) is 10.5 Å². The first kappa shape index (κ1) is 17.2. The van der Waals surface area contributed by atoms with E-state index < -0.39 is 5.63 Å². The number of hydrogen-bond donors (Lipinski definition) is 1. The van der Waals surface area contributed by atoms with Crippen LogP contribution in [-0.2, 0) is 7.05 Å². The minimum absolute atomic E-state index is 0.334. The van der Waals surface area contributed by atoms with Crippen molar-refractivity contribution >= 4 is 45.1 Å². The summed E-state index contributed by atoms with van der Waals surface area (Å²) in [6.07, 6.45) is 0. The first-order chi connectivity index (χ1) is 13.0. The first-order valence-electron chi connectivity index (χ1n) is 8.16. The largest absolute Gasteiger partial charge is 0.495 e. The Bertz CT molecular complexity index is 1260. The zero-order chi connectivity index (χ0) is 19.1. The molecule has 7 heteroatoms. The number of aryl methyl sites for hydroxylation is 1. The Morgan fingerprint density at radius 3 is 2.67 bits per heavy atom. The minimum atomic E-state index is -0.481. The summed E-state index contributed by atoms with van der Waals surface area (Å²) in [6.45, 7) is 0.